The van der Waals surface area contributed by atoms with Gasteiger partial charge < -0.3 is 41.9 Å². The second-order valence-electron chi connectivity index (χ2n) is 6.73. The van der Waals surface area contributed by atoms with E-state index in [-0.39, 0.29) is 0 Å². The highest BCUT2D eigenvalue weighted by Crippen LogP contribution is 2.38. The first-order valence-electron chi connectivity index (χ1n) is 9.97. The maximum atomic E-state index is 10.3. The third kappa shape index (κ3) is 8.01. The monoisotopic (exact) mass is 446 g/mol. The van der Waals surface area contributed by atoms with E-state index in [0.29, 0.717) is 41.7 Å². The Hall–Kier alpha value is -3.43. The molecule has 1 atom stereocenters. The molecule has 2 aromatic carbocycles. The van der Waals surface area contributed by atoms with E-state index in [1.165, 1.54) is 0 Å². The van der Waals surface area contributed by atoms with Gasteiger partial charge in [-0.05, 0) is 54.8 Å². The summed E-state index contributed by atoms with van der Waals surface area (Å²) in [6, 6.07) is 8.87. The second kappa shape index (κ2) is 13.8. The molecule has 0 saturated heterocycles. The molecule has 0 heterocycles. The second-order valence-corrected chi connectivity index (χ2v) is 6.73. The van der Waals surface area contributed by atoms with Crippen molar-refractivity contribution in [2.45, 2.75) is 18.9 Å². The summed E-state index contributed by atoms with van der Waals surface area (Å²) in [5.74, 6) is 2.00. The molecule has 2 aromatic rings. The van der Waals surface area contributed by atoms with Crippen LogP contribution in [-0.2, 0) is 4.79 Å². The quantitative estimate of drug-likeness (QED) is 0.319. The summed E-state index contributed by atoms with van der Waals surface area (Å²) in [7, 11) is 6.36. The number of ether oxygens (including phenoxy) is 4. The van der Waals surface area contributed by atoms with Gasteiger partial charge in [0.05, 0.1) is 40.2 Å². The van der Waals surface area contributed by atoms with Gasteiger partial charge >= 0.3 is 0 Å². The van der Waals surface area contributed by atoms with E-state index in [4.69, 9.17) is 41.9 Å². The predicted molar refractivity (Wildman–Crippen MR) is 128 cm³/mol. The zero-order valence-corrected chi connectivity index (χ0v) is 19.1. The fraction of sp³-hybridized carbons (Fsp3) is 0.348. The highest BCUT2D eigenvalue weighted by Gasteiger charge is 2.12. The highest BCUT2D eigenvalue weighted by atomic mass is 16.5. The van der Waals surface area contributed by atoms with Crippen molar-refractivity contribution in [3.05, 3.63) is 41.5 Å². The lowest BCUT2D eigenvalue weighted by molar-refractivity contribution is -0.119. The van der Waals surface area contributed by atoms with Crippen LogP contribution in [0.5, 0.6) is 23.0 Å². The van der Waals surface area contributed by atoms with Crippen molar-refractivity contribution in [3.63, 3.8) is 0 Å². The van der Waals surface area contributed by atoms with Crippen molar-refractivity contribution in [1.82, 2.24) is 0 Å². The first kappa shape index (κ1) is 26.6. The summed E-state index contributed by atoms with van der Waals surface area (Å²) in [5.41, 5.74) is 23.7. The van der Waals surface area contributed by atoms with Crippen LogP contribution in [-0.4, -0.2) is 46.9 Å². The summed E-state index contributed by atoms with van der Waals surface area (Å²) in [4.78, 5) is 10.3. The molecule has 0 unspecified atom stereocenters. The maximum absolute atomic E-state index is 10.3. The molecule has 0 fully saturated rings. The number of hydrogen-bond donors (Lipinski definition) is 4. The summed E-state index contributed by atoms with van der Waals surface area (Å²) in [6.45, 7) is 0.557. The molecule has 2 rings (SSSR count). The molecule has 32 heavy (non-hydrogen) atoms. The molecule has 0 aliphatic carbocycles. The fourth-order valence-corrected chi connectivity index (χ4v) is 2.73. The summed E-state index contributed by atoms with van der Waals surface area (Å²) in [6.07, 6.45) is 5.25. The van der Waals surface area contributed by atoms with Gasteiger partial charge in [0.1, 0.15) is 5.75 Å². The standard InChI is InChI=1S/C18H21NO4.C5H13N3O/c1-20-15-8-7-12(9-14(15)19)5-6-13-10-16(21-2)18(23-4)17(11-13)22-3;6-3-1-2-4(7)5(8)9/h5-11H,19H2,1-4H3;4H,1-3,6-7H2,(H2,8,9)/b6-5-;/t;4-/m.1/s1. The number of benzene rings is 2. The van der Waals surface area contributed by atoms with Crippen molar-refractivity contribution in [2.75, 3.05) is 40.7 Å². The SMILES string of the molecule is COc1ccc(/C=C\c2cc(OC)c(OC)c(OC)c2)cc1N.NCCC[C@@H](N)C(N)=O. The number of methoxy groups -OCH3 is 4. The molecule has 0 bridgehead atoms. The van der Waals surface area contributed by atoms with Crippen LogP contribution in [0, 0.1) is 0 Å². The minimum absolute atomic E-state index is 0.455. The highest BCUT2D eigenvalue weighted by molar-refractivity contribution is 5.79. The van der Waals surface area contributed by atoms with Crippen LogP contribution in [0.4, 0.5) is 5.69 Å². The molecule has 0 radical (unpaired) electrons. The number of amides is 1. The Morgan fingerprint density at radius 1 is 0.906 bits per heavy atom. The Kier molecular flexibility index (Phi) is 11.5. The number of primary amides is 1. The number of hydrogen-bond acceptors (Lipinski definition) is 8. The van der Waals surface area contributed by atoms with Crippen molar-refractivity contribution in [3.8, 4) is 23.0 Å². The molecule has 1 amide bonds. The largest absolute Gasteiger partial charge is 0.495 e. The molecule has 8 N–H and O–H groups in total. The van der Waals surface area contributed by atoms with Crippen LogP contribution in [0.3, 0.4) is 0 Å². The van der Waals surface area contributed by atoms with Gasteiger partial charge in [-0.3, -0.25) is 4.79 Å². The fourth-order valence-electron chi connectivity index (χ4n) is 2.73. The Bertz CT molecular complexity index is 877. The van der Waals surface area contributed by atoms with E-state index in [1.54, 1.807) is 28.4 Å². The normalized spacial score (nSPS) is 11.3. The molecule has 0 spiro atoms. The lowest BCUT2D eigenvalue weighted by Crippen LogP contribution is -2.36. The van der Waals surface area contributed by atoms with Crippen LogP contribution in [0.1, 0.15) is 24.0 Å². The molecule has 9 nitrogen and oxygen atoms in total. The molecular weight excluding hydrogens is 412 g/mol. The minimum atomic E-state index is -0.520. The van der Waals surface area contributed by atoms with E-state index in [9.17, 15) is 4.79 Å². The number of carbonyl (C=O) groups is 1. The molecule has 9 heteroatoms. The van der Waals surface area contributed by atoms with E-state index in [0.717, 1.165) is 17.5 Å². The van der Waals surface area contributed by atoms with Gasteiger partial charge in [0, 0.05) is 0 Å². The van der Waals surface area contributed by atoms with Gasteiger partial charge in [0.2, 0.25) is 11.7 Å². The molecule has 0 aliphatic heterocycles. The topological polar surface area (TPSA) is 158 Å². The Morgan fingerprint density at radius 3 is 1.91 bits per heavy atom. The van der Waals surface area contributed by atoms with E-state index in [2.05, 4.69) is 0 Å². The lowest BCUT2D eigenvalue weighted by Gasteiger charge is -2.12. The van der Waals surface area contributed by atoms with Crippen molar-refractivity contribution >= 4 is 23.7 Å². The summed E-state index contributed by atoms with van der Waals surface area (Å²) >= 11 is 0. The zero-order chi connectivity index (χ0) is 24.1. The van der Waals surface area contributed by atoms with Crippen molar-refractivity contribution in [1.29, 1.82) is 0 Å². The van der Waals surface area contributed by atoms with Gasteiger partial charge in [0.25, 0.3) is 0 Å². The Labute approximate surface area is 189 Å². The third-order valence-electron chi connectivity index (χ3n) is 4.49. The molecule has 0 aliphatic rings. The van der Waals surface area contributed by atoms with Gasteiger partial charge in [-0.25, -0.2) is 0 Å². The van der Waals surface area contributed by atoms with E-state index >= 15 is 0 Å². The van der Waals surface area contributed by atoms with E-state index < -0.39 is 11.9 Å². The van der Waals surface area contributed by atoms with Crippen LogP contribution < -0.4 is 41.9 Å². The van der Waals surface area contributed by atoms with Crippen molar-refractivity contribution < 1.29 is 23.7 Å². The number of rotatable bonds is 10. The first-order chi connectivity index (χ1) is 15.3. The van der Waals surface area contributed by atoms with Crippen LogP contribution in [0.15, 0.2) is 30.3 Å². The van der Waals surface area contributed by atoms with Crippen LogP contribution in [0.2, 0.25) is 0 Å². The first-order valence-corrected chi connectivity index (χ1v) is 9.97. The lowest BCUT2D eigenvalue weighted by atomic mass is 10.1. The zero-order valence-electron chi connectivity index (χ0n) is 19.1. The molecule has 0 aromatic heterocycles. The number of nitrogens with two attached hydrogens (primary N) is 4. The average Bonchev–Trinajstić information content (AvgIpc) is 2.80. The van der Waals surface area contributed by atoms with Gasteiger partial charge in [-0.1, -0.05) is 18.2 Å². The van der Waals surface area contributed by atoms with Crippen LogP contribution >= 0.6 is 0 Å². The van der Waals surface area contributed by atoms with Crippen LogP contribution in [0.25, 0.3) is 12.2 Å². The van der Waals surface area contributed by atoms with E-state index in [1.807, 2.05) is 42.5 Å². The minimum Gasteiger partial charge on any atom is -0.495 e. The van der Waals surface area contributed by atoms with Gasteiger partial charge in [-0.15, -0.1) is 0 Å². The summed E-state index contributed by atoms with van der Waals surface area (Å²) < 4.78 is 21.2. The third-order valence-corrected chi connectivity index (χ3v) is 4.49. The average molecular weight is 447 g/mol. The molecule has 0 saturated carbocycles. The number of carbonyl (C=O) groups excluding carboxylic acids is 1. The Morgan fingerprint density at radius 2 is 1.47 bits per heavy atom. The Balaban J connectivity index is 0.000000482. The number of anilines is 1. The van der Waals surface area contributed by atoms with Gasteiger partial charge in [0.15, 0.2) is 11.5 Å². The molecule has 176 valence electrons. The predicted octanol–water partition coefficient (Wildman–Crippen LogP) is 2.01. The van der Waals surface area contributed by atoms with Crippen molar-refractivity contribution in [2.24, 2.45) is 17.2 Å². The summed E-state index contributed by atoms with van der Waals surface area (Å²) in [5, 5.41) is 0. The smallest absolute Gasteiger partial charge is 0.234 e. The molecular formula is C23H34N4O5. The number of nitrogen functional groups attached to an aromatic ring is 1. The maximum Gasteiger partial charge on any atom is 0.234 e. The van der Waals surface area contributed by atoms with Gasteiger partial charge in [-0.2, -0.15) is 0 Å².